The van der Waals surface area contributed by atoms with E-state index in [0.29, 0.717) is 11.8 Å². The number of esters is 1. The molecule has 0 spiro atoms. The Labute approximate surface area is 97.3 Å². The van der Waals surface area contributed by atoms with Crippen molar-refractivity contribution in [3.8, 4) is 0 Å². The third kappa shape index (κ3) is 3.37. The van der Waals surface area contributed by atoms with Crippen molar-refractivity contribution in [1.82, 2.24) is 0 Å². The van der Waals surface area contributed by atoms with Gasteiger partial charge < -0.3 is 9.53 Å². The van der Waals surface area contributed by atoms with Gasteiger partial charge in [-0.25, -0.2) is 0 Å². The van der Waals surface area contributed by atoms with Gasteiger partial charge in [0.05, 0.1) is 24.4 Å². The highest BCUT2D eigenvalue weighted by Crippen LogP contribution is 2.22. The van der Waals surface area contributed by atoms with Gasteiger partial charge in [-0.15, -0.1) is 0 Å². The van der Waals surface area contributed by atoms with E-state index in [9.17, 15) is 19.7 Å². The molecule has 1 unspecified atom stereocenters. The first-order valence-corrected chi connectivity index (χ1v) is 4.85. The lowest BCUT2D eigenvalue weighted by Gasteiger charge is -2.08. The molecule has 0 saturated carbocycles. The summed E-state index contributed by atoms with van der Waals surface area (Å²) in [5, 5.41) is 10.6. The SMILES string of the molecule is COC(=O)CC(C=O)c1cccc([N+](=O)[O-])c1. The van der Waals surface area contributed by atoms with Crippen molar-refractivity contribution >= 4 is 17.9 Å². The Balaban J connectivity index is 2.95. The molecule has 17 heavy (non-hydrogen) atoms. The lowest BCUT2D eigenvalue weighted by atomic mass is 9.97. The molecule has 0 saturated heterocycles. The molecular weight excluding hydrogens is 226 g/mol. The summed E-state index contributed by atoms with van der Waals surface area (Å²) in [6, 6.07) is 5.64. The first-order chi connectivity index (χ1) is 8.08. The summed E-state index contributed by atoms with van der Waals surface area (Å²) >= 11 is 0. The predicted octanol–water partition coefficient (Wildman–Crippen LogP) is 1.44. The van der Waals surface area contributed by atoms with E-state index in [0.717, 1.165) is 0 Å². The second-order valence-corrected chi connectivity index (χ2v) is 3.37. The van der Waals surface area contributed by atoms with Crippen LogP contribution < -0.4 is 0 Å². The molecule has 6 heteroatoms. The van der Waals surface area contributed by atoms with Crippen molar-refractivity contribution < 1.29 is 19.2 Å². The number of ether oxygens (including phenoxy) is 1. The summed E-state index contributed by atoms with van der Waals surface area (Å²) in [5.41, 5.74) is 0.318. The zero-order valence-electron chi connectivity index (χ0n) is 9.16. The maximum Gasteiger partial charge on any atom is 0.306 e. The number of carbonyl (C=O) groups excluding carboxylic acids is 2. The predicted molar refractivity (Wildman–Crippen MR) is 58.5 cm³/mol. The zero-order chi connectivity index (χ0) is 12.8. The fourth-order valence-corrected chi connectivity index (χ4v) is 1.38. The molecule has 1 rings (SSSR count). The summed E-state index contributed by atoms with van der Waals surface area (Å²) in [7, 11) is 1.22. The lowest BCUT2D eigenvalue weighted by molar-refractivity contribution is -0.384. The maximum absolute atomic E-state index is 11.1. The number of non-ortho nitro benzene ring substituents is 1. The zero-order valence-corrected chi connectivity index (χ0v) is 9.16. The van der Waals surface area contributed by atoms with Gasteiger partial charge >= 0.3 is 5.97 Å². The van der Waals surface area contributed by atoms with E-state index in [1.54, 1.807) is 6.07 Å². The molecule has 0 amide bonds. The highest BCUT2D eigenvalue weighted by atomic mass is 16.6. The third-order valence-electron chi connectivity index (χ3n) is 2.29. The van der Waals surface area contributed by atoms with Crippen LogP contribution >= 0.6 is 0 Å². The lowest BCUT2D eigenvalue weighted by Crippen LogP contribution is -2.10. The van der Waals surface area contributed by atoms with Crippen LogP contribution in [0.3, 0.4) is 0 Å². The third-order valence-corrected chi connectivity index (χ3v) is 2.29. The summed E-state index contributed by atoms with van der Waals surface area (Å²) in [6.07, 6.45) is 0.456. The van der Waals surface area contributed by atoms with E-state index >= 15 is 0 Å². The minimum absolute atomic E-state index is 0.112. The molecular formula is C11H11NO5. The number of hydrogen-bond acceptors (Lipinski definition) is 5. The standard InChI is InChI=1S/C11H11NO5/c1-17-11(14)6-9(7-13)8-3-2-4-10(5-8)12(15)16/h2-5,7,9H,6H2,1H3. The van der Waals surface area contributed by atoms with Crippen molar-refractivity contribution in [3.05, 3.63) is 39.9 Å². The van der Waals surface area contributed by atoms with Gasteiger partial charge in [-0.1, -0.05) is 12.1 Å². The van der Waals surface area contributed by atoms with Crippen LogP contribution in [-0.4, -0.2) is 24.3 Å². The summed E-state index contributed by atoms with van der Waals surface area (Å²) in [5.74, 6) is -1.25. The van der Waals surface area contributed by atoms with E-state index in [4.69, 9.17) is 0 Å². The van der Waals surface area contributed by atoms with E-state index in [1.807, 2.05) is 0 Å². The van der Waals surface area contributed by atoms with E-state index in [-0.39, 0.29) is 12.1 Å². The second kappa shape index (κ2) is 5.74. The largest absolute Gasteiger partial charge is 0.469 e. The number of carbonyl (C=O) groups is 2. The number of benzene rings is 1. The molecule has 0 aromatic heterocycles. The fourth-order valence-electron chi connectivity index (χ4n) is 1.38. The molecule has 1 aromatic carbocycles. The average Bonchev–Trinajstić information content (AvgIpc) is 2.35. The second-order valence-electron chi connectivity index (χ2n) is 3.37. The van der Waals surface area contributed by atoms with Crippen molar-refractivity contribution in [2.45, 2.75) is 12.3 Å². The summed E-state index contributed by atoms with van der Waals surface area (Å²) in [4.78, 5) is 31.9. The number of aldehydes is 1. The van der Waals surface area contributed by atoms with Crippen molar-refractivity contribution in [1.29, 1.82) is 0 Å². The van der Waals surface area contributed by atoms with Gasteiger partial charge in [0.2, 0.25) is 0 Å². The minimum Gasteiger partial charge on any atom is -0.469 e. The molecule has 1 aromatic rings. The van der Waals surface area contributed by atoms with Crippen molar-refractivity contribution in [3.63, 3.8) is 0 Å². The molecule has 0 heterocycles. The number of rotatable bonds is 5. The number of nitro benzene ring substituents is 1. The molecule has 0 N–H and O–H groups in total. The van der Waals surface area contributed by atoms with Crippen LogP contribution in [0.1, 0.15) is 17.9 Å². The number of hydrogen-bond donors (Lipinski definition) is 0. The number of nitrogens with zero attached hydrogens (tertiary/aromatic N) is 1. The van der Waals surface area contributed by atoms with E-state index in [1.165, 1.54) is 25.3 Å². The first kappa shape index (κ1) is 12.8. The monoisotopic (exact) mass is 237 g/mol. The number of nitro groups is 1. The summed E-state index contributed by atoms with van der Waals surface area (Å²) < 4.78 is 4.45. The fraction of sp³-hybridized carbons (Fsp3) is 0.273. The molecule has 0 bridgehead atoms. The molecule has 1 atom stereocenters. The molecule has 90 valence electrons. The van der Waals surface area contributed by atoms with E-state index < -0.39 is 16.8 Å². The molecule has 0 aliphatic rings. The highest BCUT2D eigenvalue weighted by Gasteiger charge is 2.18. The molecule has 6 nitrogen and oxygen atoms in total. The van der Waals surface area contributed by atoms with E-state index in [2.05, 4.69) is 4.74 Å². The van der Waals surface area contributed by atoms with Gasteiger partial charge in [-0.05, 0) is 5.56 Å². The molecule has 0 radical (unpaired) electrons. The van der Waals surface area contributed by atoms with Crippen molar-refractivity contribution in [2.24, 2.45) is 0 Å². The number of methoxy groups -OCH3 is 1. The Morgan fingerprint density at radius 1 is 1.59 bits per heavy atom. The van der Waals surface area contributed by atoms with Gasteiger partial charge in [0.1, 0.15) is 6.29 Å². The Morgan fingerprint density at radius 2 is 2.29 bits per heavy atom. The molecule has 0 aliphatic carbocycles. The molecule has 0 fully saturated rings. The van der Waals surface area contributed by atoms with Gasteiger partial charge in [-0.2, -0.15) is 0 Å². The topological polar surface area (TPSA) is 86.5 Å². The van der Waals surface area contributed by atoms with Crippen LogP contribution in [0.5, 0.6) is 0 Å². The Hall–Kier alpha value is -2.24. The van der Waals surface area contributed by atoms with Crippen LogP contribution in [0.2, 0.25) is 0 Å². The average molecular weight is 237 g/mol. The quantitative estimate of drug-likeness (QED) is 0.334. The Kier molecular flexibility index (Phi) is 4.33. The minimum atomic E-state index is -0.720. The summed E-state index contributed by atoms with van der Waals surface area (Å²) in [6.45, 7) is 0. The Bertz CT molecular complexity index is 443. The van der Waals surface area contributed by atoms with Crippen LogP contribution in [0, 0.1) is 10.1 Å². The first-order valence-electron chi connectivity index (χ1n) is 4.85. The van der Waals surface area contributed by atoms with Crippen LogP contribution in [0.4, 0.5) is 5.69 Å². The van der Waals surface area contributed by atoms with Gasteiger partial charge in [0, 0.05) is 12.1 Å². The van der Waals surface area contributed by atoms with Crippen LogP contribution in [-0.2, 0) is 14.3 Å². The smallest absolute Gasteiger partial charge is 0.306 e. The highest BCUT2D eigenvalue weighted by molar-refractivity contribution is 5.77. The molecule has 0 aliphatic heterocycles. The van der Waals surface area contributed by atoms with Crippen LogP contribution in [0.25, 0.3) is 0 Å². The normalized spacial score (nSPS) is 11.6. The van der Waals surface area contributed by atoms with Gasteiger partial charge in [0.25, 0.3) is 5.69 Å². The van der Waals surface area contributed by atoms with Gasteiger partial charge in [-0.3, -0.25) is 14.9 Å². The van der Waals surface area contributed by atoms with Gasteiger partial charge in [0.15, 0.2) is 0 Å². The van der Waals surface area contributed by atoms with Crippen molar-refractivity contribution in [2.75, 3.05) is 7.11 Å². The maximum atomic E-state index is 11.1. The Morgan fingerprint density at radius 3 is 2.82 bits per heavy atom. The van der Waals surface area contributed by atoms with Crippen LogP contribution in [0.15, 0.2) is 24.3 Å².